The summed E-state index contributed by atoms with van der Waals surface area (Å²) in [4.78, 5) is 40.2. The maximum atomic E-state index is 13.3. The number of sulfonamides is 1. The molecule has 0 amide bonds. The first kappa shape index (κ1) is 25.3. The van der Waals surface area contributed by atoms with Crippen LogP contribution in [-0.2, 0) is 32.9 Å². The van der Waals surface area contributed by atoms with Crippen LogP contribution in [0.4, 0.5) is 0 Å². The summed E-state index contributed by atoms with van der Waals surface area (Å²) < 4.78 is 34.3. The summed E-state index contributed by atoms with van der Waals surface area (Å²) in [6.07, 6.45) is 2.02. The second kappa shape index (κ2) is 10.0. The van der Waals surface area contributed by atoms with E-state index < -0.39 is 33.4 Å². The lowest BCUT2D eigenvalue weighted by molar-refractivity contribution is -0.763. The number of pyridine rings is 1. The van der Waals surface area contributed by atoms with Crippen LogP contribution >= 0.6 is 0 Å². The summed E-state index contributed by atoms with van der Waals surface area (Å²) in [5, 5.41) is 9.88. The number of nitrogens with zero attached hydrogens (tertiary/aromatic N) is 3. The van der Waals surface area contributed by atoms with Crippen molar-refractivity contribution < 1.29 is 27.9 Å². The van der Waals surface area contributed by atoms with Crippen molar-refractivity contribution in [2.24, 2.45) is 5.73 Å². The van der Waals surface area contributed by atoms with Gasteiger partial charge in [0.1, 0.15) is 6.61 Å². The Morgan fingerprint density at radius 1 is 1.22 bits per heavy atom. The molecule has 1 atom stereocenters. The molecular weight excluding hydrogens is 492 g/mol. The molecule has 12 nitrogen and oxygen atoms in total. The van der Waals surface area contributed by atoms with Gasteiger partial charge in [0, 0.05) is 36.1 Å². The molecule has 2 aromatic carbocycles. The summed E-state index contributed by atoms with van der Waals surface area (Å²) in [6.45, 7) is 1.57. The molecule has 13 heteroatoms. The lowest BCUT2D eigenvalue weighted by Crippen LogP contribution is -2.32. The molecule has 2 heterocycles. The largest absolute Gasteiger partial charge is 0.440 e. The average Bonchev–Trinajstić information content (AvgIpc) is 3.31. The number of fused-ring (bicyclic) bond motifs is 1. The normalized spacial score (nSPS) is 16.2. The lowest BCUT2D eigenvalue weighted by atomic mass is 10.1. The average molecular weight is 517 g/mol. The number of nitrogens with two attached hydrogens (primary N) is 1. The van der Waals surface area contributed by atoms with Crippen molar-refractivity contribution in [3.8, 4) is 0 Å². The fourth-order valence-electron chi connectivity index (χ4n) is 4.13. The highest BCUT2D eigenvalue weighted by Crippen LogP contribution is 2.28. The van der Waals surface area contributed by atoms with Crippen molar-refractivity contribution in [1.29, 1.82) is 0 Å². The molecule has 0 bridgehead atoms. The maximum Gasteiger partial charge on any atom is 0.339 e. The monoisotopic (exact) mass is 516 g/mol. The van der Waals surface area contributed by atoms with Crippen LogP contribution in [0.5, 0.6) is 0 Å². The number of aromatic nitrogens is 1. The molecule has 1 fully saturated rings. The Hall–Kier alpha value is -3.81. The molecule has 0 radical (unpaired) electrons. The number of rotatable bonds is 8. The van der Waals surface area contributed by atoms with Crippen molar-refractivity contribution in [2.45, 2.75) is 37.6 Å². The number of benzene rings is 2. The highest BCUT2D eigenvalue weighted by Gasteiger charge is 2.32. The third-order valence-corrected chi connectivity index (χ3v) is 7.84. The van der Waals surface area contributed by atoms with Gasteiger partial charge in [-0.3, -0.25) is 9.36 Å². The van der Waals surface area contributed by atoms with Crippen LogP contribution in [-0.4, -0.2) is 47.5 Å². The zero-order valence-electron chi connectivity index (χ0n) is 19.3. The van der Waals surface area contributed by atoms with Crippen molar-refractivity contribution in [3.63, 3.8) is 0 Å². The Morgan fingerprint density at radius 2 is 1.94 bits per heavy atom. The molecule has 1 saturated heterocycles. The first-order valence-electron chi connectivity index (χ1n) is 11.0. The van der Waals surface area contributed by atoms with Crippen molar-refractivity contribution in [2.75, 3.05) is 13.1 Å². The SMILES string of the molecule is Cc1cn(COC(=O)c2ccc(CO[N+](=O)[O-])cc2)c(=O)c2cccc(S(=O)(=O)N3CC[C@H](N)C3)c12. The van der Waals surface area contributed by atoms with Crippen LogP contribution in [0.3, 0.4) is 0 Å². The van der Waals surface area contributed by atoms with Gasteiger partial charge in [-0.1, -0.05) is 18.2 Å². The molecule has 4 rings (SSSR count). The van der Waals surface area contributed by atoms with Crippen LogP contribution in [0, 0.1) is 17.0 Å². The van der Waals surface area contributed by atoms with Gasteiger partial charge in [0.25, 0.3) is 10.6 Å². The Kier molecular flexibility index (Phi) is 7.06. The predicted molar refractivity (Wildman–Crippen MR) is 128 cm³/mol. The maximum absolute atomic E-state index is 13.3. The summed E-state index contributed by atoms with van der Waals surface area (Å²) in [5.74, 6) is -0.705. The number of hydrogen-bond acceptors (Lipinski definition) is 9. The fraction of sp³-hybridized carbons (Fsp3) is 0.304. The number of hydrogen-bond donors (Lipinski definition) is 1. The minimum absolute atomic E-state index is 0.0361. The molecule has 36 heavy (non-hydrogen) atoms. The second-order valence-corrected chi connectivity index (χ2v) is 10.3. The van der Waals surface area contributed by atoms with Crippen LogP contribution in [0.15, 0.2) is 58.4 Å². The van der Waals surface area contributed by atoms with E-state index in [0.717, 1.165) is 0 Å². The van der Waals surface area contributed by atoms with Crippen LogP contribution in [0.25, 0.3) is 10.8 Å². The third kappa shape index (κ3) is 5.08. The van der Waals surface area contributed by atoms with E-state index in [0.29, 0.717) is 29.5 Å². The molecule has 0 spiro atoms. The smallest absolute Gasteiger partial charge is 0.339 e. The Balaban J connectivity index is 1.56. The first-order valence-corrected chi connectivity index (χ1v) is 12.4. The molecule has 0 saturated carbocycles. The van der Waals surface area contributed by atoms with Gasteiger partial charge in [0.2, 0.25) is 10.0 Å². The molecule has 1 aliphatic heterocycles. The summed E-state index contributed by atoms with van der Waals surface area (Å²) >= 11 is 0. The zero-order chi connectivity index (χ0) is 26.0. The molecule has 1 aromatic heterocycles. The molecule has 1 aliphatic rings. The van der Waals surface area contributed by atoms with Crippen molar-refractivity contribution in [1.82, 2.24) is 8.87 Å². The van der Waals surface area contributed by atoms with Gasteiger partial charge in [-0.25, -0.2) is 13.2 Å². The summed E-state index contributed by atoms with van der Waals surface area (Å²) in [6, 6.07) is 10.1. The number of esters is 1. The lowest BCUT2D eigenvalue weighted by Gasteiger charge is -2.19. The second-order valence-electron chi connectivity index (χ2n) is 8.43. The highest BCUT2D eigenvalue weighted by atomic mass is 32.2. The Bertz CT molecular complexity index is 1480. The van der Waals surface area contributed by atoms with Gasteiger partial charge in [0.15, 0.2) is 6.73 Å². The van der Waals surface area contributed by atoms with Gasteiger partial charge in [0.05, 0.1) is 10.5 Å². The topological polar surface area (TPSA) is 164 Å². The molecule has 190 valence electrons. The van der Waals surface area contributed by atoms with Crippen molar-refractivity contribution in [3.05, 3.63) is 85.8 Å². The highest BCUT2D eigenvalue weighted by molar-refractivity contribution is 7.89. The molecular formula is C23H24N4O8S. The Morgan fingerprint density at radius 3 is 2.58 bits per heavy atom. The fourth-order valence-corrected chi connectivity index (χ4v) is 5.92. The zero-order valence-corrected chi connectivity index (χ0v) is 20.1. The predicted octanol–water partition coefficient (Wildman–Crippen LogP) is 1.55. The molecule has 0 aliphatic carbocycles. The van der Waals surface area contributed by atoms with E-state index in [-0.39, 0.29) is 35.0 Å². The molecule has 2 N–H and O–H groups in total. The van der Waals surface area contributed by atoms with Gasteiger partial charge < -0.3 is 15.3 Å². The summed E-state index contributed by atoms with van der Waals surface area (Å²) in [7, 11) is -3.85. The van der Waals surface area contributed by atoms with E-state index in [9.17, 15) is 28.1 Å². The number of carbonyl (C=O) groups excluding carboxylic acids is 1. The van der Waals surface area contributed by atoms with E-state index in [4.69, 9.17) is 10.5 Å². The molecule has 0 unspecified atom stereocenters. The van der Waals surface area contributed by atoms with E-state index in [2.05, 4.69) is 4.84 Å². The number of ether oxygens (including phenoxy) is 1. The summed E-state index contributed by atoms with van der Waals surface area (Å²) in [5.41, 5.74) is 6.58. The first-order chi connectivity index (χ1) is 17.1. The van der Waals surface area contributed by atoms with Crippen LogP contribution < -0.4 is 11.3 Å². The third-order valence-electron chi connectivity index (χ3n) is 5.93. The van der Waals surface area contributed by atoms with Crippen molar-refractivity contribution >= 4 is 26.8 Å². The quantitative estimate of drug-likeness (QED) is 0.266. The van der Waals surface area contributed by atoms with Gasteiger partial charge in [-0.15, -0.1) is 10.1 Å². The number of carbonyl (C=O) groups is 1. The van der Waals surface area contributed by atoms with Gasteiger partial charge in [-0.2, -0.15) is 4.31 Å². The van der Waals surface area contributed by atoms with Crippen LogP contribution in [0.1, 0.15) is 27.9 Å². The van der Waals surface area contributed by atoms with Crippen LogP contribution in [0.2, 0.25) is 0 Å². The van der Waals surface area contributed by atoms with Gasteiger partial charge in [-0.05, 0) is 48.7 Å². The number of aryl methyl sites for hydroxylation is 1. The van der Waals surface area contributed by atoms with E-state index in [1.165, 1.54) is 57.5 Å². The molecule has 3 aromatic rings. The minimum Gasteiger partial charge on any atom is -0.440 e. The minimum atomic E-state index is -3.85. The van der Waals surface area contributed by atoms with Gasteiger partial charge >= 0.3 is 5.97 Å². The Labute approximate surface area is 206 Å². The van der Waals surface area contributed by atoms with E-state index in [1.807, 2.05) is 0 Å². The standard InChI is InChI=1S/C23H24N4O8S/c1-15-11-25(14-34-23(29)17-7-5-16(6-8-17)13-35-27(30)31)22(28)19-3-2-4-20(21(15)19)36(32,33)26-10-9-18(24)12-26/h2-8,11,18H,9-10,12-14,24H2,1H3/t18-/m0/s1. The van der Waals surface area contributed by atoms with E-state index >= 15 is 0 Å². The van der Waals surface area contributed by atoms with E-state index in [1.54, 1.807) is 6.92 Å².